The minimum absolute atomic E-state index is 0.114. The molecule has 0 aliphatic carbocycles. The molecule has 0 saturated carbocycles. The van der Waals surface area contributed by atoms with Crippen LogP contribution in [0.5, 0.6) is 0 Å². The van der Waals surface area contributed by atoms with Crippen LogP contribution in [0.15, 0.2) is 52.9 Å². The van der Waals surface area contributed by atoms with E-state index in [4.69, 9.17) is 16.0 Å². The van der Waals surface area contributed by atoms with E-state index >= 15 is 0 Å². The summed E-state index contributed by atoms with van der Waals surface area (Å²) >= 11 is 6.42. The number of nitrogens with one attached hydrogen (secondary N) is 2. The van der Waals surface area contributed by atoms with Crippen molar-refractivity contribution in [2.24, 2.45) is 0 Å². The number of benzene rings is 2. The van der Waals surface area contributed by atoms with Gasteiger partial charge in [-0.1, -0.05) is 41.9 Å². The number of amides is 1. The second-order valence-electron chi connectivity index (χ2n) is 6.64. The first-order valence-electron chi connectivity index (χ1n) is 8.85. The van der Waals surface area contributed by atoms with Gasteiger partial charge in [0.05, 0.1) is 16.3 Å². The van der Waals surface area contributed by atoms with Gasteiger partial charge in [0.15, 0.2) is 0 Å². The zero-order valence-corrected chi connectivity index (χ0v) is 16.6. The molecule has 0 fully saturated rings. The predicted octanol–water partition coefficient (Wildman–Crippen LogP) is 6.28. The minimum Gasteiger partial charge on any atom is -0.466 e. The summed E-state index contributed by atoms with van der Waals surface area (Å²) in [5.41, 5.74) is 4.06. The van der Waals surface area contributed by atoms with E-state index in [0.717, 1.165) is 17.0 Å². The summed E-state index contributed by atoms with van der Waals surface area (Å²) in [6.45, 7) is 7.60. The number of aryl methyl sites for hydroxylation is 2. The summed E-state index contributed by atoms with van der Waals surface area (Å²) in [5.74, 6) is 1.17. The highest BCUT2D eigenvalue weighted by Crippen LogP contribution is 2.30. The van der Waals surface area contributed by atoms with Crippen LogP contribution in [0, 0.1) is 20.8 Å². The van der Waals surface area contributed by atoms with Crippen molar-refractivity contribution in [3.05, 3.63) is 81.8 Å². The quantitative estimate of drug-likeness (QED) is 0.545. The van der Waals surface area contributed by atoms with Gasteiger partial charge in [0, 0.05) is 17.3 Å². The van der Waals surface area contributed by atoms with Crippen LogP contribution in [0.1, 0.15) is 46.0 Å². The van der Waals surface area contributed by atoms with E-state index in [2.05, 4.69) is 29.7 Å². The number of hydrogen-bond acceptors (Lipinski definition) is 3. The van der Waals surface area contributed by atoms with E-state index < -0.39 is 0 Å². The maximum absolute atomic E-state index is 12.6. The summed E-state index contributed by atoms with van der Waals surface area (Å²) in [6.07, 6.45) is 0. The number of anilines is 2. The first-order valence-corrected chi connectivity index (χ1v) is 9.23. The summed E-state index contributed by atoms with van der Waals surface area (Å²) in [4.78, 5) is 12.6. The van der Waals surface area contributed by atoms with Gasteiger partial charge >= 0.3 is 0 Å². The van der Waals surface area contributed by atoms with E-state index in [9.17, 15) is 4.79 Å². The van der Waals surface area contributed by atoms with E-state index in [0.29, 0.717) is 22.0 Å². The van der Waals surface area contributed by atoms with Crippen molar-refractivity contribution in [3.63, 3.8) is 0 Å². The van der Waals surface area contributed by atoms with Crippen LogP contribution in [0.4, 0.5) is 11.4 Å². The normalized spacial score (nSPS) is 11.9. The van der Waals surface area contributed by atoms with E-state index in [1.807, 2.05) is 44.2 Å². The molecule has 0 radical (unpaired) electrons. The number of rotatable bonds is 5. The molecule has 0 bridgehead atoms. The van der Waals surface area contributed by atoms with Crippen molar-refractivity contribution in [3.8, 4) is 0 Å². The van der Waals surface area contributed by atoms with Crippen LogP contribution in [-0.4, -0.2) is 5.91 Å². The van der Waals surface area contributed by atoms with E-state index in [1.54, 1.807) is 13.0 Å². The van der Waals surface area contributed by atoms with Crippen LogP contribution >= 0.6 is 11.6 Å². The Hall–Kier alpha value is -2.72. The molecule has 1 amide bonds. The average Bonchev–Trinajstić information content (AvgIpc) is 2.90. The van der Waals surface area contributed by atoms with E-state index in [-0.39, 0.29) is 11.9 Å². The summed E-state index contributed by atoms with van der Waals surface area (Å²) in [5, 5.41) is 6.84. The third-order valence-corrected chi connectivity index (χ3v) is 5.00. The Labute approximate surface area is 164 Å². The molecule has 0 spiro atoms. The fourth-order valence-electron chi connectivity index (χ4n) is 3.09. The highest BCUT2D eigenvalue weighted by Gasteiger charge is 2.19. The number of hydrogen-bond donors (Lipinski definition) is 2. The van der Waals surface area contributed by atoms with Gasteiger partial charge in [0.2, 0.25) is 0 Å². The molecule has 1 atom stereocenters. The Balaban J connectivity index is 1.74. The SMILES string of the molecule is Cc1oc(C)c(C(=O)Nc2ccc(NC(C)c3ccccc3)c(Cl)c2)c1C. The van der Waals surface area contributed by atoms with Gasteiger partial charge in [-0.3, -0.25) is 4.79 Å². The number of halogens is 1. The Morgan fingerprint density at radius 2 is 1.74 bits per heavy atom. The first-order chi connectivity index (χ1) is 12.9. The summed E-state index contributed by atoms with van der Waals surface area (Å²) in [6, 6.07) is 15.7. The van der Waals surface area contributed by atoms with Crippen LogP contribution in [0.2, 0.25) is 5.02 Å². The third-order valence-electron chi connectivity index (χ3n) is 4.69. The number of carbonyl (C=O) groups is 1. The molecule has 1 aromatic heterocycles. The topological polar surface area (TPSA) is 54.3 Å². The lowest BCUT2D eigenvalue weighted by Crippen LogP contribution is -2.14. The van der Waals surface area contributed by atoms with Gasteiger partial charge in [-0.2, -0.15) is 0 Å². The smallest absolute Gasteiger partial charge is 0.259 e. The second kappa shape index (κ2) is 7.89. The predicted molar refractivity (Wildman–Crippen MR) is 111 cm³/mol. The van der Waals surface area contributed by atoms with Gasteiger partial charge in [0.1, 0.15) is 11.5 Å². The fraction of sp³-hybridized carbons (Fsp3) is 0.227. The van der Waals surface area contributed by atoms with Crippen molar-refractivity contribution in [2.45, 2.75) is 33.7 Å². The van der Waals surface area contributed by atoms with Crippen LogP contribution in [-0.2, 0) is 0 Å². The Morgan fingerprint density at radius 3 is 2.33 bits per heavy atom. The maximum atomic E-state index is 12.6. The standard InChI is InChI=1S/C22H23ClN2O2/c1-13-15(3)27-16(4)21(13)22(26)25-18-10-11-20(19(23)12-18)24-14(2)17-8-6-5-7-9-17/h5-12,14,24H,1-4H3,(H,25,26). The molecular weight excluding hydrogens is 360 g/mol. The summed E-state index contributed by atoms with van der Waals surface area (Å²) in [7, 11) is 0. The zero-order valence-electron chi connectivity index (χ0n) is 15.9. The van der Waals surface area contributed by atoms with Gasteiger partial charge in [-0.15, -0.1) is 0 Å². The molecule has 0 aliphatic heterocycles. The lowest BCUT2D eigenvalue weighted by atomic mass is 10.1. The number of carbonyl (C=O) groups excluding carboxylic acids is 1. The first kappa shape index (κ1) is 19.1. The fourth-order valence-corrected chi connectivity index (χ4v) is 3.32. The van der Waals surface area contributed by atoms with Crippen LogP contribution in [0.25, 0.3) is 0 Å². The van der Waals surface area contributed by atoms with Crippen molar-refractivity contribution in [2.75, 3.05) is 10.6 Å². The van der Waals surface area contributed by atoms with Gasteiger partial charge in [0.25, 0.3) is 5.91 Å². The second-order valence-corrected chi connectivity index (χ2v) is 7.05. The van der Waals surface area contributed by atoms with Gasteiger partial charge < -0.3 is 15.1 Å². The van der Waals surface area contributed by atoms with Crippen molar-refractivity contribution < 1.29 is 9.21 Å². The highest BCUT2D eigenvalue weighted by atomic mass is 35.5. The van der Waals surface area contributed by atoms with Crippen LogP contribution < -0.4 is 10.6 Å². The van der Waals surface area contributed by atoms with Crippen LogP contribution in [0.3, 0.4) is 0 Å². The zero-order chi connectivity index (χ0) is 19.6. The third kappa shape index (κ3) is 4.17. The molecular formula is C22H23ClN2O2. The van der Waals surface area contributed by atoms with Crippen molar-refractivity contribution in [1.82, 2.24) is 0 Å². The Morgan fingerprint density at radius 1 is 1.04 bits per heavy atom. The van der Waals surface area contributed by atoms with E-state index in [1.165, 1.54) is 5.56 Å². The molecule has 1 unspecified atom stereocenters. The number of furan rings is 1. The molecule has 2 N–H and O–H groups in total. The molecule has 2 aromatic carbocycles. The molecule has 27 heavy (non-hydrogen) atoms. The van der Waals surface area contributed by atoms with Crippen molar-refractivity contribution >= 4 is 28.9 Å². The Bertz CT molecular complexity index is 964. The molecule has 5 heteroatoms. The van der Waals surface area contributed by atoms with Crippen molar-refractivity contribution in [1.29, 1.82) is 0 Å². The molecule has 0 aliphatic rings. The molecule has 1 heterocycles. The largest absolute Gasteiger partial charge is 0.466 e. The summed E-state index contributed by atoms with van der Waals surface area (Å²) < 4.78 is 5.54. The van der Waals surface area contributed by atoms with Gasteiger partial charge in [-0.05, 0) is 51.5 Å². The molecule has 4 nitrogen and oxygen atoms in total. The lowest BCUT2D eigenvalue weighted by Gasteiger charge is -2.17. The monoisotopic (exact) mass is 382 g/mol. The molecule has 3 rings (SSSR count). The lowest BCUT2D eigenvalue weighted by molar-refractivity contribution is 0.102. The molecule has 140 valence electrons. The molecule has 0 saturated heterocycles. The molecule has 3 aromatic rings. The average molecular weight is 383 g/mol. The Kier molecular flexibility index (Phi) is 5.57. The highest BCUT2D eigenvalue weighted by molar-refractivity contribution is 6.33. The maximum Gasteiger partial charge on any atom is 0.259 e. The van der Waals surface area contributed by atoms with Gasteiger partial charge in [-0.25, -0.2) is 0 Å². The minimum atomic E-state index is -0.198.